The van der Waals surface area contributed by atoms with Crippen molar-refractivity contribution < 1.29 is 31.8 Å². The van der Waals surface area contributed by atoms with Crippen LogP contribution >= 0.6 is 0 Å². The lowest BCUT2D eigenvalue weighted by molar-refractivity contribution is -0.137. The van der Waals surface area contributed by atoms with Crippen molar-refractivity contribution in [2.45, 2.75) is 45.6 Å². The van der Waals surface area contributed by atoms with Crippen LogP contribution in [0.4, 0.5) is 22.4 Å². The van der Waals surface area contributed by atoms with Gasteiger partial charge in [-0.15, -0.1) is 0 Å². The van der Waals surface area contributed by atoms with Gasteiger partial charge in [-0.3, -0.25) is 0 Å². The maximum atomic E-state index is 13.8. The minimum absolute atomic E-state index is 0.0470. The van der Waals surface area contributed by atoms with Crippen LogP contribution in [-0.2, 0) is 10.9 Å². The molecule has 1 amide bonds. The van der Waals surface area contributed by atoms with Gasteiger partial charge in [0, 0.05) is 19.0 Å². The molecule has 25 heavy (non-hydrogen) atoms. The fourth-order valence-corrected chi connectivity index (χ4v) is 2.35. The molecule has 0 saturated carbocycles. The van der Waals surface area contributed by atoms with Crippen LogP contribution in [0.1, 0.15) is 33.3 Å². The normalized spacial score (nSPS) is 17.0. The van der Waals surface area contributed by atoms with Gasteiger partial charge in [-0.05, 0) is 45.9 Å². The lowest BCUT2D eigenvalue weighted by Gasteiger charge is -2.42. The maximum absolute atomic E-state index is 13.8. The first-order chi connectivity index (χ1) is 11.4. The summed E-state index contributed by atoms with van der Waals surface area (Å²) in [4.78, 5) is 13.3. The van der Waals surface area contributed by atoms with Gasteiger partial charge in [0.15, 0.2) is 11.6 Å². The molecule has 8 heteroatoms. The number of alkyl halides is 3. The molecular weight excluding hydrogens is 342 g/mol. The zero-order chi connectivity index (χ0) is 19.0. The molecule has 1 saturated heterocycles. The van der Waals surface area contributed by atoms with Gasteiger partial charge in [-0.2, -0.15) is 13.2 Å². The van der Waals surface area contributed by atoms with Crippen molar-refractivity contribution in [3.63, 3.8) is 0 Å². The molecule has 1 aliphatic heterocycles. The molecule has 2 rings (SSSR count). The standard InChI is InChI=1S/C17H21F4NO3/c1-10(11-8-22(9-11)15(23)25-16(2,3)4)24-14-6-5-12(7-13(14)18)17(19,20)21/h5-7,10-11H,8-9H2,1-4H3. The summed E-state index contributed by atoms with van der Waals surface area (Å²) in [6.45, 7) is 7.76. The van der Waals surface area contributed by atoms with Crippen molar-refractivity contribution in [3.05, 3.63) is 29.6 Å². The highest BCUT2D eigenvalue weighted by Gasteiger charge is 2.38. The minimum atomic E-state index is -4.60. The lowest BCUT2D eigenvalue weighted by atomic mass is 9.95. The van der Waals surface area contributed by atoms with Crippen LogP contribution in [0, 0.1) is 11.7 Å². The van der Waals surface area contributed by atoms with E-state index in [1.54, 1.807) is 27.7 Å². The highest BCUT2D eigenvalue weighted by atomic mass is 19.4. The second-order valence-corrected chi connectivity index (χ2v) is 7.11. The molecule has 1 aliphatic rings. The molecular formula is C17H21F4NO3. The second-order valence-electron chi connectivity index (χ2n) is 7.11. The third-order valence-corrected chi connectivity index (χ3v) is 3.80. The van der Waals surface area contributed by atoms with E-state index in [4.69, 9.17) is 9.47 Å². The van der Waals surface area contributed by atoms with Gasteiger partial charge in [-0.25, -0.2) is 9.18 Å². The summed E-state index contributed by atoms with van der Waals surface area (Å²) in [6.07, 6.45) is -5.49. The van der Waals surface area contributed by atoms with E-state index in [2.05, 4.69) is 0 Å². The van der Waals surface area contributed by atoms with Crippen molar-refractivity contribution in [2.24, 2.45) is 5.92 Å². The average Bonchev–Trinajstić information content (AvgIpc) is 2.35. The zero-order valence-corrected chi connectivity index (χ0v) is 14.5. The van der Waals surface area contributed by atoms with E-state index in [0.717, 1.165) is 12.1 Å². The summed E-state index contributed by atoms with van der Waals surface area (Å²) >= 11 is 0. The largest absolute Gasteiger partial charge is 0.487 e. The molecule has 0 radical (unpaired) electrons. The molecule has 0 spiro atoms. The van der Waals surface area contributed by atoms with E-state index >= 15 is 0 Å². The number of ether oxygens (including phenoxy) is 2. The average molecular weight is 363 g/mol. The molecule has 4 nitrogen and oxygen atoms in total. The summed E-state index contributed by atoms with van der Waals surface area (Å²) < 4.78 is 62.1. The Morgan fingerprint density at radius 2 is 1.84 bits per heavy atom. The number of likely N-dealkylation sites (tertiary alicyclic amines) is 1. The Hall–Kier alpha value is -1.99. The highest BCUT2D eigenvalue weighted by molar-refractivity contribution is 5.69. The van der Waals surface area contributed by atoms with E-state index < -0.39 is 35.4 Å². The number of benzene rings is 1. The van der Waals surface area contributed by atoms with Crippen LogP contribution in [0.2, 0.25) is 0 Å². The van der Waals surface area contributed by atoms with Crippen LogP contribution in [0.3, 0.4) is 0 Å². The molecule has 1 aromatic carbocycles. The third kappa shape index (κ3) is 4.99. The van der Waals surface area contributed by atoms with Crippen LogP contribution in [0.15, 0.2) is 18.2 Å². The van der Waals surface area contributed by atoms with Crippen molar-refractivity contribution in [1.29, 1.82) is 0 Å². The number of hydrogen-bond acceptors (Lipinski definition) is 3. The predicted molar refractivity (Wildman–Crippen MR) is 82.8 cm³/mol. The first kappa shape index (κ1) is 19.3. The fourth-order valence-electron chi connectivity index (χ4n) is 2.35. The van der Waals surface area contributed by atoms with E-state index in [0.29, 0.717) is 19.2 Å². The van der Waals surface area contributed by atoms with Gasteiger partial charge < -0.3 is 14.4 Å². The number of hydrogen-bond donors (Lipinski definition) is 0. The molecule has 0 bridgehead atoms. The fraction of sp³-hybridized carbons (Fsp3) is 0.588. The van der Waals surface area contributed by atoms with Crippen molar-refractivity contribution >= 4 is 6.09 Å². The maximum Gasteiger partial charge on any atom is 0.416 e. The van der Waals surface area contributed by atoms with Gasteiger partial charge in [0.1, 0.15) is 11.7 Å². The summed E-state index contributed by atoms with van der Waals surface area (Å²) in [5.41, 5.74) is -1.65. The summed E-state index contributed by atoms with van der Waals surface area (Å²) in [5.74, 6) is -1.35. The molecule has 1 unspecified atom stereocenters. The highest BCUT2D eigenvalue weighted by Crippen LogP contribution is 2.33. The third-order valence-electron chi connectivity index (χ3n) is 3.80. The SMILES string of the molecule is CC(Oc1ccc(C(F)(F)F)cc1F)C1CN(C(=O)OC(C)(C)C)C1. The summed E-state index contributed by atoms with van der Waals surface area (Å²) in [7, 11) is 0. The molecule has 0 N–H and O–H groups in total. The van der Waals surface area contributed by atoms with Gasteiger partial charge in [0.05, 0.1) is 5.56 Å². The number of rotatable bonds is 3. The summed E-state index contributed by atoms with van der Waals surface area (Å²) in [6, 6.07) is 2.16. The first-order valence-corrected chi connectivity index (χ1v) is 7.88. The minimum Gasteiger partial charge on any atom is -0.487 e. The Morgan fingerprint density at radius 1 is 1.24 bits per heavy atom. The van der Waals surface area contributed by atoms with Gasteiger partial charge in [0.25, 0.3) is 0 Å². The number of carbonyl (C=O) groups excluding carboxylic acids is 1. The van der Waals surface area contributed by atoms with Crippen molar-refractivity contribution in [1.82, 2.24) is 4.90 Å². The second kappa shape index (κ2) is 6.72. The first-order valence-electron chi connectivity index (χ1n) is 7.88. The smallest absolute Gasteiger partial charge is 0.416 e. The van der Waals surface area contributed by atoms with Crippen LogP contribution in [0.25, 0.3) is 0 Å². The van der Waals surface area contributed by atoms with Crippen LogP contribution in [-0.4, -0.2) is 35.8 Å². The molecule has 1 fully saturated rings. The van der Waals surface area contributed by atoms with Gasteiger partial charge in [0.2, 0.25) is 0 Å². The Labute approximate surface area is 143 Å². The quantitative estimate of drug-likeness (QED) is 0.744. The summed E-state index contributed by atoms with van der Waals surface area (Å²) in [5, 5.41) is 0. The number of halogens is 4. The molecule has 140 valence electrons. The Kier molecular flexibility index (Phi) is 5.20. The molecule has 1 atom stereocenters. The van der Waals surface area contributed by atoms with E-state index in [-0.39, 0.29) is 11.7 Å². The zero-order valence-electron chi connectivity index (χ0n) is 14.5. The molecule has 1 heterocycles. The lowest BCUT2D eigenvalue weighted by Crippen LogP contribution is -2.55. The molecule has 0 aromatic heterocycles. The Bertz CT molecular complexity index is 634. The van der Waals surface area contributed by atoms with Crippen LogP contribution in [0.5, 0.6) is 5.75 Å². The van der Waals surface area contributed by atoms with E-state index in [1.807, 2.05) is 0 Å². The number of amides is 1. The van der Waals surface area contributed by atoms with Crippen molar-refractivity contribution in [2.75, 3.05) is 13.1 Å². The van der Waals surface area contributed by atoms with Gasteiger partial charge >= 0.3 is 12.3 Å². The topological polar surface area (TPSA) is 38.8 Å². The Balaban J connectivity index is 1.90. The molecule has 0 aliphatic carbocycles. The predicted octanol–water partition coefficient (Wildman–Crippen LogP) is 4.48. The molecule has 1 aromatic rings. The number of carbonyl (C=O) groups is 1. The Morgan fingerprint density at radius 3 is 2.32 bits per heavy atom. The van der Waals surface area contributed by atoms with E-state index in [1.165, 1.54) is 4.90 Å². The van der Waals surface area contributed by atoms with Gasteiger partial charge in [-0.1, -0.05) is 0 Å². The monoisotopic (exact) mass is 363 g/mol. The number of nitrogens with zero attached hydrogens (tertiary/aromatic N) is 1. The van der Waals surface area contributed by atoms with E-state index in [9.17, 15) is 22.4 Å². The van der Waals surface area contributed by atoms with Crippen molar-refractivity contribution in [3.8, 4) is 5.75 Å². The van der Waals surface area contributed by atoms with Crippen LogP contribution < -0.4 is 4.74 Å².